The van der Waals surface area contributed by atoms with E-state index < -0.39 is 23.9 Å². The minimum absolute atomic E-state index is 0.0724. The van der Waals surface area contributed by atoms with Crippen LogP contribution in [0.1, 0.15) is 6.92 Å². The van der Waals surface area contributed by atoms with Gasteiger partial charge in [-0.25, -0.2) is 9.59 Å². The minimum atomic E-state index is -4.87. The first-order valence-electron chi connectivity index (χ1n) is 3.79. The molecule has 0 aromatic rings. The lowest BCUT2D eigenvalue weighted by Gasteiger charge is -2.10. The molecule has 0 radical (unpaired) electrons. The Balaban J connectivity index is 4.77. The van der Waals surface area contributed by atoms with Gasteiger partial charge in [-0.1, -0.05) is 0 Å². The molecule has 0 aliphatic rings. The van der Waals surface area contributed by atoms with Gasteiger partial charge < -0.3 is 15.8 Å². The summed E-state index contributed by atoms with van der Waals surface area (Å²) in [6, 6.07) is -1.41. The lowest BCUT2D eigenvalue weighted by Crippen LogP contribution is -2.35. The molecule has 3 N–H and O–H groups in total. The highest BCUT2D eigenvalue weighted by molar-refractivity contribution is 5.84. The van der Waals surface area contributed by atoms with E-state index in [1.807, 2.05) is 0 Å². The fraction of sp³-hybridized carbons (Fsp3) is 0.429. The van der Waals surface area contributed by atoms with Gasteiger partial charge in [0.2, 0.25) is 0 Å². The van der Waals surface area contributed by atoms with Crippen LogP contribution in [0.3, 0.4) is 0 Å². The zero-order valence-corrected chi connectivity index (χ0v) is 7.72. The van der Waals surface area contributed by atoms with Crippen LogP contribution in [-0.2, 0) is 9.53 Å². The number of carbonyl (C=O) groups excluding carboxylic acids is 2. The van der Waals surface area contributed by atoms with Crippen LogP contribution in [0.4, 0.5) is 18.0 Å². The Morgan fingerprint density at radius 2 is 2.00 bits per heavy atom. The highest BCUT2D eigenvalue weighted by Crippen LogP contribution is 2.23. The van der Waals surface area contributed by atoms with Crippen molar-refractivity contribution in [3.8, 4) is 0 Å². The zero-order valence-electron chi connectivity index (χ0n) is 7.72. The summed E-state index contributed by atoms with van der Waals surface area (Å²) in [7, 11) is 0. The van der Waals surface area contributed by atoms with E-state index in [0.717, 1.165) is 0 Å². The maximum Gasteiger partial charge on any atom is 0.431 e. The second-order valence-corrected chi connectivity index (χ2v) is 2.30. The fourth-order valence-corrected chi connectivity index (χ4v) is 0.623. The lowest BCUT2D eigenvalue weighted by atomic mass is 10.4. The van der Waals surface area contributed by atoms with Gasteiger partial charge in [-0.05, 0) is 6.92 Å². The van der Waals surface area contributed by atoms with Gasteiger partial charge in [0.15, 0.2) is 0 Å². The van der Waals surface area contributed by atoms with Crippen molar-refractivity contribution in [2.24, 2.45) is 5.73 Å². The Morgan fingerprint density at radius 3 is 2.33 bits per heavy atom. The van der Waals surface area contributed by atoms with Crippen LogP contribution in [-0.4, -0.2) is 24.8 Å². The third-order valence-electron chi connectivity index (χ3n) is 1.11. The van der Waals surface area contributed by atoms with Crippen molar-refractivity contribution >= 4 is 12.0 Å². The van der Waals surface area contributed by atoms with Crippen LogP contribution < -0.4 is 11.1 Å². The molecular formula is C7H9F3N2O3. The van der Waals surface area contributed by atoms with Crippen molar-refractivity contribution in [1.82, 2.24) is 5.32 Å². The van der Waals surface area contributed by atoms with Crippen molar-refractivity contribution in [1.29, 1.82) is 0 Å². The third-order valence-corrected chi connectivity index (χ3v) is 1.11. The number of primary amides is 1. The average molecular weight is 226 g/mol. The molecule has 0 spiro atoms. The van der Waals surface area contributed by atoms with Crippen molar-refractivity contribution in [3.63, 3.8) is 0 Å². The molecule has 0 aromatic carbocycles. The van der Waals surface area contributed by atoms with Crippen LogP contribution >= 0.6 is 0 Å². The molecule has 2 amide bonds. The summed E-state index contributed by atoms with van der Waals surface area (Å²) < 4.78 is 40.6. The molecule has 0 aliphatic carbocycles. The van der Waals surface area contributed by atoms with Crippen LogP contribution in [0, 0.1) is 0 Å². The number of alkyl halides is 3. The SMILES string of the molecule is CCOC(=O)C=C(NC(N)=O)C(F)(F)F. The predicted molar refractivity (Wildman–Crippen MR) is 43.5 cm³/mol. The second-order valence-electron chi connectivity index (χ2n) is 2.30. The highest BCUT2D eigenvalue weighted by Gasteiger charge is 2.35. The zero-order chi connectivity index (χ0) is 12.1. The first-order chi connectivity index (χ1) is 6.77. The molecule has 0 rings (SSSR count). The van der Waals surface area contributed by atoms with E-state index in [1.165, 1.54) is 12.2 Å². The summed E-state index contributed by atoms with van der Waals surface area (Å²) in [6.07, 6.45) is -4.75. The number of amides is 2. The van der Waals surface area contributed by atoms with Gasteiger partial charge in [0.1, 0.15) is 5.70 Å². The van der Waals surface area contributed by atoms with Crippen molar-refractivity contribution in [2.45, 2.75) is 13.1 Å². The van der Waals surface area contributed by atoms with Gasteiger partial charge in [-0.3, -0.25) is 0 Å². The van der Waals surface area contributed by atoms with Crippen LogP contribution in [0.5, 0.6) is 0 Å². The summed E-state index contributed by atoms with van der Waals surface area (Å²) in [5.41, 5.74) is 2.94. The third kappa shape index (κ3) is 5.55. The topological polar surface area (TPSA) is 81.4 Å². The van der Waals surface area contributed by atoms with Crippen molar-refractivity contribution in [3.05, 3.63) is 11.8 Å². The molecule has 0 aliphatic heterocycles. The van der Waals surface area contributed by atoms with E-state index >= 15 is 0 Å². The maximum absolute atomic E-state index is 12.1. The molecule has 0 aromatic heterocycles. The number of urea groups is 1. The van der Waals surface area contributed by atoms with E-state index in [0.29, 0.717) is 0 Å². The fourth-order valence-electron chi connectivity index (χ4n) is 0.623. The Hall–Kier alpha value is -1.73. The lowest BCUT2D eigenvalue weighted by molar-refractivity contribution is -0.138. The number of rotatable bonds is 3. The summed E-state index contributed by atoms with van der Waals surface area (Å²) in [5.74, 6) is -1.21. The van der Waals surface area contributed by atoms with Gasteiger partial charge in [0.05, 0.1) is 12.7 Å². The Kier molecular flexibility index (Phi) is 4.62. The summed E-state index contributed by atoms with van der Waals surface area (Å²) >= 11 is 0. The molecular weight excluding hydrogens is 217 g/mol. The normalized spacial score (nSPS) is 12.1. The molecule has 0 bridgehead atoms. The van der Waals surface area contributed by atoms with E-state index in [2.05, 4.69) is 10.5 Å². The van der Waals surface area contributed by atoms with E-state index in [4.69, 9.17) is 0 Å². The van der Waals surface area contributed by atoms with Crippen molar-refractivity contribution < 1.29 is 27.5 Å². The molecule has 0 atom stereocenters. The monoisotopic (exact) mass is 226 g/mol. The molecule has 0 saturated carbocycles. The van der Waals surface area contributed by atoms with E-state index in [-0.39, 0.29) is 12.7 Å². The van der Waals surface area contributed by atoms with E-state index in [1.54, 1.807) is 0 Å². The van der Waals surface area contributed by atoms with Gasteiger partial charge in [-0.15, -0.1) is 0 Å². The number of hydrogen-bond acceptors (Lipinski definition) is 3. The summed E-state index contributed by atoms with van der Waals surface area (Å²) in [4.78, 5) is 20.9. The van der Waals surface area contributed by atoms with Crippen molar-refractivity contribution in [2.75, 3.05) is 6.61 Å². The standard InChI is InChI=1S/C7H9F3N2O3/c1-2-15-5(13)3-4(7(8,9)10)12-6(11)14/h3H,2H2,1H3,(H3,11,12,14). The average Bonchev–Trinajstić information content (AvgIpc) is 2.00. The highest BCUT2D eigenvalue weighted by atomic mass is 19.4. The number of ether oxygens (including phenoxy) is 1. The molecule has 5 nitrogen and oxygen atoms in total. The first kappa shape index (κ1) is 13.3. The maximum atomic E-state index is 12.1. The second kappa shape index (κ2) is 5.23. The number of esters is 1. The predicted octanol–water partition coefficient (Wildman–Crippen LogP) is 0.664. The molecule has 0 saturated heterocycles. The van der Waals surface area contributed by atoms with Gasteiger partial charge in [0.25, 0.3) is 0 Å². The molecule has 0 fully saturated rings. The first-order valence-corrected chi connectivity index (χ1v) is 3.79. The number of carbonyl (C=O) groups is 2. The Bertz CT molecular complexity index is 286. The number of nitrogens with two attached hydrogens (primary N) is 1. The smallest absolute Gasteiger partial charge is 0.431 e. The molecule has 0 unspecified atom stereocenters. The van der Waals surface area contributed by atoms with Crippen LogP contribution in [0.2, 0.25) is 0 Å². The molecule has 15 heavy (non-hydrogen) atoms. The molecule has 0 heterocycles. The van der Waals surface area contributed by atoms with E-state index in [9.17, 15) is 22.8 Å². The Labute approximate surface area is 83.1 Å². The Morgan fingerprint density at radius 1 is 1.47 bits per heavy atom. The largest absolute Gasteiger partial charge is 0.463 e. The summed E-state index contributed by atoms with van der Waals surface area (Å²) in [6.45, 7) is 1.36. The minimum Gasteiger partial charge on any atom is -0.463 e. The van der Waals surface area contributed by atoms with Gasteiger partial charge >= 0.3 is 18.2 Å². The van der Waals surface area contributed by atoms with Gasteiger partial charge in [-0.2, -0.15) is 13.2 Å². The van der Waals surface area contributed by atoms with Gasteiger partial charge in [0, 0.05) is 0 Å². The number of hydrogen-bond donors (Lipinski definition) is 2. The van der Waals surface area contributed by atoms with Crippen LogP contribution in [0.25, 0.3) is 0 Å². The number of nitrogens with one attached hydrogen (secondary N) is 1. The number of halogens is 3. The van der Waals surface area contributed by atoms with Crippen LogP contribution in [0.15, 0.2) is 11.8 Å². The quantitative estimate of drug-likeness (QED) is 0.548. The summed E-state index contributed by atoms with van der Waals surface area (Å²) in [5, 5.41) is 1.28. The number of allylic oxidation sites excluding steroid dienone is 1. The molecule has 8 heteroatoms. The molecule has 86 valence electrons.